The van der Waals surface area contributed by atoms with Gasteiger partial charge in [0.05, 0.1) is 11.3 Å². The molecule has 184 valence electrons. The number of hydrogen-bond donors (Lipinski definition) is 0. The van der Waals surface area contributed by atoms with Crippen LogP contribution in [0.15, 0.2) is 30.3 Å². The summed E-state index contributed by atoms with van der Waals surface area (Å²) in [6.07, 6.45) is 0.671. The molecule has 1 saturated heterocycles. The number of aromatic nitrogens is 1. The van der Waals surface area contributed by atoms with Gasteiger partial charge in [0.25, 0.3) is 0 Å². The summed E-state index contributed by atoms with van der Waals surface area (Å²) in [5, 5.41) is 10.2. The van der Waals surface area contributed by atoms with Crippen molar-refractivity contribution >= 4 is 8.32 Å². The van der Waals surface area contributed by atoms with Gasteiger partial charge in [-0.1, -0.05) is 34.6 Å². The van der Waals surface area contributed by atoms with Gasteiger partial charge in [-0.2, -0.15) is 5.26 Å². The summed E-state index contributed by atoms with van der Waals surface area (Å²) in [5.41, 5.74) is -1.73. The van der Waals surface area contributed by atoms with E-state index in [1.165, 1.54) is 24.3 Å². The molecule has 1 atom stereocenters. The molecule has 1 aromatic carbocycles. The maximum absolute atomic E-state index is 16.2. The Hall–Kier alpha value is -2.14. The number of rotatable bonds is 5. The summed E-state index contributed by atoms with van der Waals surface area (Å²) in [6, 6.07) is 9.51. The highest BCUT2D eigenvalue weighted by atomic mass is 28.4. The van der Waals surface area contributed by atoms with Gasteiger partial charge in [-0.15, -0.1) is 0 Å². The van der Waals surface area contributed by atoms with Gasteiger partial charge in [-0.05, 0) is 68.7 Å². The summed E-state index contributed by atoms with van der Waals surface area (Å²) < 4.78 is 42.5. The molecule has 0 radical (unpaired) electrons. The molecule has 2 aromatic rings. The molecule has 3 rings (SSSR count). The Morgan fingerprint density at radius 3 is 2.15 bits per heavy atom. The predicted molar refractivity (Wildman–Crippen MR) is 133 cm³/mol. The van der Waals surface area contributed by atoms with E-state index < -0.39 is 36.6 Å². The van der Waals surface area contributed by atoms with E-state index in [-0.39, 0.29) is 10.7 Å². The number of ether oxygens (including phenoxy) is 1. The first-order valence-electron chi connectivity index (χ1n) is 11.7. The number of nitrogens with zero attached hydrogens (tertiary/aromatic N) is 2. The van der Waals surface area contributed by atoms with Crippen molar-refractivity contribution in [2.45, 2.75) is 84.2 Å². The molecule has 4 nitrogen and oxygen atoms in total. The standard InChI is InChI=1S/C27H36F2N2O2Si/c1-24(2,3)34(8,9)33-26(6,7)20-16-21(27(17-30)25(4,5)14-15-32-27)31-23(22(20)29)18-10-12-19(28)13-11-18/h10-13,16H,14-15H2,1-9H3. The average Bonchev–Trinajstić information content (AvgIpc) is 3.02. The monoisotopic (exact) mass is 486 g/mol. The molecular weight excluding hydrogens is 450 g/mol. The van der Waals surface area contributed by atoms with Crippen LogP contribution in [0.3, 0.4) is 0 Å². The first-order chi connectivity index (χ1) is 15.5. The van der Waals surface area contributed by atoms with E-state index in [1.807, 2.05) is 27.7 Å². The summed E-state index contributed by atoms with van der Waals surface area (Å²) in [7, 11) is -2.29. The highest BCUT2D eigenvalue weighted by Gasteiger charge is 2.54. The smallest absolute Gasteiger partial charge is 0.201 e. The lowest BCUT2D eigenvalue weighted by atomic mass is 9.73. The molecule has 2 heterocycles. The average molecular weight is 487 g/mol. The molecule has 1 fully saturated rings. The fourth-order valence-electron chi connectivity index (χ4n) is 4.29. The fourth-order valence-corrected chi connectivity index (χ4v) is 5.98. The van der Waals surface area contributed by atoms with Gasteiger partial charge in [0.15, 0.2) is 14.1 Å². The van der Waals surface area contributed by atoms with Crippen molar-refractivity contribution in [1.29, 1.82) is 5.26 Å². The number of benzene rings is 1. The SMILES string of the molecule is CC(C)(O[Si](C)(C)C(C)(C)C)c1cc(C2(C#N)OCCC2(C)C)nc(-c2ccc(F)cc2)c1F. The minimum Gasteiger partial charge on any atom is -0.408 e. The third-order valence-electron chi connectivity index (χ3n) is 7.56. The van der Waals surface area contributed by atoms with Gasteiger partial charge in [0.2, 0.25) is 5.60 Å². The van der Waals surface area contributed by atoms with Crippen LogP contribution in [-0.4, -0.2) is 19.9 Å². The zero-order chi connectivity index (χ0) is 25.7. The van der Waals surface area contributed by atoms with Gasteiger partial charge in [-0.3, -0.25) is 0 Å². The lowest BCUT2D eigenvalue weighted by Crippen LogP contribution is -2.47. The molecule has 0 N–H and O–H groups in total. The second-order valence-electron chi connectivity index (χ2n) is 11.9. The van der Waals surface area contributed by atoms with E-state index >= 15 is 4.39 Å². The zero-order valence-corrected chi connectivity index (χ0v) is 22.8. The van der Waals surface area contributed by atoms with Crippen LogP contribution in [0.5, 0.6) is 0 Å². The Kier molecular flexibility index (Phi) is 6.62. The van der Waals surface area contributed by atoms with Crippen molar-refractivity contribution in [1.82, 2.24) is 4.98 Å². The van der Waals surface area contributed by atoms with Crippen molar-refractivity contribution in [2.24, 2.45) is 5.41 Å². The molecule has 0 bridgehead atoms. The molecule has 0 saturated carbocycles. The zero-order valence-electron chi connectivity index (χ0n) is 21.8. The van der Waals surface area contributed by atoms with Gasteiger partial charge < -0.3 is 9.16 Å². The van der Waals surface area contributed by atoms with Crippen LogP contribution in [0.25, 0.3) is 11.3 Å². The number of hydrogen-bond acceptors (Lipinski definition) is 4. The van der Waals surface area contributed by atoms with Gasteiger partial charge in [0.1, 0.15) is 17.6 Å². The van der Waals surface area contributed by atoms with E-state index in [0.717, 1.165) is 0 Å². The molecule has 1 unspecified atom stereocenters. The first-order valence-corrected chi connectivity index (χ1v) is 14.6. The highest BCUT2D eigenvalue weighted by molar-refractivity contribution is 6.74. The molecule has 1 aromatic heterocycles. The van der Waals surface area contributed by atoms with Crippen molar-refractivity contribution in [3.05, 3.63) is 53.2 Å². The second-order valence-corrected chi connectivity index (χ2v) is 16.6. The molecule has 0 spiro atoms. The normalized spacial score (nSPS) is 20.9. The molecule has 7 heteroatoms. The molecule has 1 aliphatic rings. The lowest BCUT2D eigenvalue weighted by Gasteiger charge is -2.43. The Bertz CT molecular complexity index is 1120. The number of nitriles is 1. The minimum absolute atomic E-state index is 0.0559. The maximum Gasteiger partial charge on any atom is 0.201 e. The van der Waals surface area contributed by atoms with Gasteiger partial charge in [-0.25, -0.2) is 13.8 Å². The Labute approximate surface area is 203 Å². The predicted octanol–water partition coefficient (Wildman–Crippen LogP) is 7.45. The summed E-state index contributed by atoms with van der Waals surface area (Å²) in [5.74, 6) is -0.959. The fraction of sp³-hybridized carbons (Fsp3) is 0.556. The number of pyridine rings is 1. The van der Waals surface area contributed by atoms with E-state index in [9.17, 15) is 9.65 Å². The van der Waals surface area contributed by atoms with Crippen LogP contribution in [0.1, 0.15) is 66.1 Å². The van der Waals surface area contributed by atoms with Crippen molar-refractivity contribution < 1.29 is 17.9 Å². The third kappa shape index (κ3) is 4.44. The van der Waals surface area contributed by atoms with Crippen LogP contribution in [0.4, 0.5) is 8.78 Å². The largest absolute Gasteiger partial charge is 0.408 e. The Morgan fingerprint density at radius 2 is 1.68 bits per heavy atom. The Balaban J connectivity index is 2.30. The first kappa shape index (κ1) is 26.5. The Morgan fingerprint density at radius 1 is 1.09 bits per heavy atom. The molecule has 1 aliphatic heterocycles. The van der Waals surface area contributed by atoms with E-state index in [2.05, 4.69) is 44.9 Å². The van der Waals surface area contributed by atoms with Crippen molar-refractivity contribution in [3.8, 4) is 17.3 Å². The van der Waals surface area contributed by atoms with E-state index in [4.69, 9.17) is 9.16 Å². The molecular formula is C27H36F2N2O2Si. The van der Waals surface area contributed by atoms with E-state index in [0.29, 0.717) is 29.8 Å². The number of halogens is 2. The summed E-state index contributed by atoms with van der Waals surface area (Å²) in [4.78, 5) is 4.62. The molecule has 0 amide bonds. The topological polar surface area (TPSA) is 55.1 Å². The van der Waals surface area contributed by atoms with Crippen LogP contribution in [0, 0.1) is 28.4 Å². The lowest BCUT2D eigenvalue weighted by molar-refractivity contribution is -0.00982. The second kappa shape index (κ2) is 8.51. The van der Waals surface area contributed by atoms with Gasteiger partial charge in [0, 0.05) is 23.1 Å². The van der Waals surface area contributed by atoms with Crippen LogP contribution < -0.4 is 0 Å². The van der Waals surface area contributed by atoms with Crippen LogP contribution >= 0.6 is 0 Å². The van der Waals surface area contributed by atoms with Crippen LogP contribution in [0.2, 0.25) is 18.1 Å². The highest BCUT2D eigenvalue weighted by Crippen LogP contribution is 2.51. The van der Waals surface area contributed by atoms with Crippen LogP contribution in [-0.2, 0) is 20.4 Å². The van der Waals surface area contributed by atoms with E-state index in [1.54, 1.807) is 6.07 Å². The minimum atomic E-state index is -2.29. The van der Waals surface area contributed by atoms with Crippen molar-refractivity contribution in [3.63, 3.8) is 0 Å². The third-order valence-corrected chi connectivity index (χ3v) is 12.2. The summed E-state index contributed by atoms with van der Waals surface area (Å²) in [6.45, 7) is 18.7. The summed E-state index contributed by atoms with van der Waals surface area (Å²) >= 11 is 0. The quantitative estimate of drug-likeness (QED) is 0.412. The van der Waals surface area contributed by atoms with Gasteiger partial charge >= 0.3 is 0 Å². The van der Waals surface area contributed by atoms with Crippen molar-refractivity contribution in [2.75, 3.05) is 6.61 Å². The molecule has 34 heavy (non-hydrogen) atoms. The molecule has 0 aliphatic carbocycles. The maximum atomic E-state index is 16.2.